The largest absolute Gasteiger partial charge is 0.493 e. The standard InChI is InChI=1S/C38H42N8O5.C34H40N8O5/c1-38(2,3)32-22-33(46(44-32)27-12-10-26(11-13-27)36(49)45(23-34(47)39-4)24-35(48)40-5)43-37(50)42-30-14-15-31(29-9-7-6-8-28(29)30)51-21-18-25-16-19-41-20-17-25;1-34(2,3)28-20-29(39-33(46)38-25-8-12-27(13-9-25)47-19-16-23-14-17-37-18-15-23)42(40-28)26-10-6-24(7-11-26)32(45)41(21-30(43)35-4)22-31(44)36-5/h6-17,19-20,22H,18,21,23-24H2,1-5H3,(H,39,47)(H,40,48)(H2,42,43,50);6-15,17-18,20H,16,19,21-22H2,1-5H3,(H,35,43)(H,36,44)(H2,38,39,46). The smallest absolute Gasteiger partial charge is 0.324 e. The predicted octanol–water partition coefficient (Wildman–Crippen LogP) is 8.68. The van der Waals surface area contributed by atoms with E-state index in [0.717, 1.165) is 51.0 Å². The lowest BCUT2D eigenvalue weighted by Crippen LogP contribution is -2.44. The van der Waals surface area contributed by atoms with Gasteiger partial charge < -0.3 is 51.2 Å². The molecule has 0 aliphatic rings. The molecule has 8 N–H and O–H groups in total. The molecular formula is C72H82N16O10. The molecule has 9 rings (SSSR count). The lowest BCUT2D eigenvalue weighted by atomic mass is 9.92. The van der Waals surface area contributed by atoms with Gasteiger partial charge >= 0.3 is 12.1 Å². The van der Waals surface area contributed by atoms with E-state index in [4.69, 9.17) is 19.7 Å². The zero-order valence-corrected chi connectivity index (χ0v) is 56.5. The number of nitrogens with zero attached hydrogens (tertiary/aromatic N) is 8. The van der Waals surface area contributed by atoms with Crippen molar-refractivity contribution in [1.29, 1.82) is 0 Å². The molecule has 0 spiro atoms. The lowest BCUT2D eigenvalue weighted by molar-refractivity contribution is -0.125. The van der Waals surface area contributed by atoms with Crippen molar-refractivity contribution in [1.82, 2.24) is 60.6 Å². The van der Waals surface area contributed by atoms with Crippen LogP contribution in [0.5, 0.6) is 11.5 Å². The number of ether oxygens (including phenoxy) is 2. The van der Waals surface area contributed by atoms with Crippen molar-refractivity contribution in [2.45, 2.75) is 65.2 Å². The SMILES string of the molecule is CNC(=O)CN(CC(=O)NC)C(=O)c1ccc(-n2nc(C(C)(C)C)cc2NC(=O)Nc2ccc(OCCc3ccncc3)c3ccccc23)cc1.CNC(=O)CN(CC(=O)NC)C(=O)c1ccc(-n2nc(C(C)(C)C)cc2NC(=O)Nc2ccc(OCCc3ccncc3)cc2)cc1. The number of carbonyl (C=O) groups is 8. The lowest BCUT2D eigenvalue weighted by Gasteiger charge is -2.21. The van der Waals surface area contributed by atoms with Crippen LogP contribution in [0, 0.1) is 0 Å². The topological polar surface area (TPSA) is 319 Å². The monoisotopic (exact) mass is 1330 g/mol. The first-order valence-corrected chi connectivity index (χ1v) is 31.6. The zero-order valence-electron chi connectivity index (χ0n) is 56.5. The van der Waals surface area contributed by atoms with Crippen molar-refractivity contribution < 1.29 is 47.8 Å². The van der Waals surface area contributed by atoms with E-state index in [1.807, 2.05) is 108 Å². The van der Waals surface area contributed by atoms with Crippen LogP contribution in [0.1, 0.15) is 84.8 Å². The Balaban J connectivity index is 0.000000251. The second kappa shape index (κ2) is 33.4. The van der Waals surface area contributed by atoms with Gasteiger partial charge in [0, 0.05) is 116 Å². The third-order valence-corrected chi connectivity index (χ3v) is 15.2. The van der Waals surface area contributed by atoms with Gasteiger partial charge in [-0.15, -0.1) is 0 Å². The summed E-state index contributed by atoms with van der Waals surface area (Å²) in [7, 11) is 5.84. The van der Waals surface area contributed by atoms with E-state index >= 15 is 0 Å². The van der Waals surface area contributed by atoms with E-state index < -0.39 is 47.5 Å². The zero-order chi connectivity index (χ0) is 70.5. The maximum atomic E-state index is 13.5. The van der Waals surface area contributed by atoms with Crippen LogP contribution in [-0.4, -0.2) is 154 Å². The summed E-state index contributed by atoms with van der Waals surface area (Å²) in [5.74, 6) is -0.350. The highest BCUT2D eigenvalue weighted by Gasteiger charge is 2.27. The molecule has 26 heteroatoms. The Morgan fingerprint density at radius 3 is 1.24 bits per heavy atom. The molecule has 0 aliphatic carbocycles. The number of hydrogen-bond acceptors (Lipinski definition) is 14. The summed E-state index contributed by atoms with van der Waals surface area (Å²) in [5, 5.41) is 32.7. The van der Waals surface area contributed by atoms with E-state index in [9.17, 15) is 38.4 Å². The van der Waals surface area contributed by atoms with Crippen LogP contribution in [0.3, 0.4) is 0 Å². The fraction of sp³-hybridized carbons (Fsp3) is 0.278. The Kier molecular flexibility index (Phi) is 24.5. The maximum absolute atomic E-state index is 13.5. The maximum Gasteiger partial charge on any atom is 0.324 e. The Labute approximate surface area is 568 Å². The summed E-state index contributed by atoms with van der Waals surface area (Å²) in [6, 6.07) is 42.0. The molecule has 0 atom stereocenters. The normalized spacial score (nSPS) is 11.0. The first-order valence-electron chi connectivity index (χ1n) is 31.6. The van der Waals surface area contributed by atoms with Gasteiger partial charge in [0.15, 0.2) is 0 Å². The Morgan fingerprint density at radius 2 is 0.837 bits per heavy atom. The number of amides is 10. The van der Waals surface area contributed by atoms with Crippen molar-refractivity contribution >= 4 is 81.3 Å². The van der Waals surface area contributed by atoms with Crippen molar-refractivity contribution in [3.05, 3.63) is 204 Å². The molecule has 10 amide bonds. The number of pyridine rings is 2. The summed E-state index contributed by atoms with van der Waals surface area (Å²) >= 11 is 0. The molecule has 4 heterocycles. The number of likely N-dealkylation sites (N-methyl/N-ethyl adjacent to an activating group) is 4. The number of anilines is 4. The second-order valence-corrected chi connectivity index (χ2v) is 24.5. The second-order valence-electron chi connectivity index (χ2n) is 24.5. The highest BCUT2D eigenvalue weighted by molar-refractivity contribution is 6.08. The van der Waals surface area contributed by atoms with Crippen molar-refractivity contribution in [3.63, 3.8) is 0 Å². The summed E-state index contributed by atoms with van der Waals surface area (Å²) in [6.45, 7) is 12.0. The number of hydrogen-bond donors (Lipinski definition) is 8. The molecule has 98 heavy (non-hydrogen) atoms. The number of fused-ring (bicyclic) bond motifs is 1. The third kappa shape index (κ3) is 20.0. The van der Waals surface area contributed by atoms with Crippen LogP contribution < -0.4 is 52.0 Å². The van der Waals surface area contributed by atoms with E-state index in [-0.39, 0.29) is 48.1 Å². The van der Waals surface area contributed by atoms with Crippen LogP contribution in [0.2, 0.25) is 0 Å². The molecule has 0 aliphatic heterocycles. The van der Waals surface area contributed by atoms with Gasteiger partial charge in [-0.25, -0.2) is 19.0 Å². The van der Waals surface area contributed by atoms with Gasteiger partial charge in [0.25, 0.3) is 11.8 Å². The highest BCUT2D eigenvalue weighted by Crippen LogP contribution is 2.33. The highest BCUT2D eigenvalue weighted by atomic mass is 16.5. The fourth-order valence-electron chi connectivity index (χ4n) is 9.68. The third-order valence-electron chi connectivity index (χ3n) is 15.2. The van der Waals surface area contributed by atoms with Gasteiger partial charge in [-0.1, -0.05) is 65.8 Å². The average molecular weight is 1330 g/mol. The van der Waals surface area contributed by atoms with Crippen LogP contribution in [-0.2, 0) is 42.8 Å². The van der Waals surface area contributed by atoms with Crippen LogP contribution in [0.4, 0.5) is 32.6 Å². The van der Waals surface area contributed by atoms with Crippen molar-refractivity contribution in [2.75, 3.05) is 88.9 Å². The number of urea groups is 2. The van der Waals surface area contributed by atoms with Gasteiger partial charge in [0.1, 0.15) is 49.3 Å². The molecule has 0 unspecified atom stereocenters. The minimum atomic E-state index is -0.486. The van der Waals surface area contributed by atoms with E-state index in [0.29, 0.717) is 59.1 Å². The summed E-state index contributed by atoms with van der Waals surface area (Å²) < 4.78 is 15.1. The Morgan fingerprint density at radius 1 is 0.439 bits per heavy atom. The number of aromatic nitrogens is 6. The van der Waals surface area contributed by atoms with Crippen LogP contribution >= 0.6 is 0 Å². The van der Waals surface area contributed by atoms with Crippen molar-refractivity contribution in [2.24, 2.45) is 0 Å². The summed E-state index contributed by atoms with van der Waals surface area (Å²) in [5.41, 5.74) is 5.99. The average Bonchev–Trinajstić information content (AvgIpc) is 1.48. The van der Waals surface area contributed by atoms with Gasteiger partial charge in [-0.3, -0.25) is 49.4 Å². The van der Waals surface area contributed by atoms with Gasteiger partial charge in [-0.05, 0) is 120 Å². The Bertz CT molecular complexity index is 4210. The molecule has 0 radical (unpaired) electrons. The molecule has 5 aromatic carbocycles. The van der Waals surface area contributed by atoms with E-state index in [1.165, 1.54) is 33.1 Å². The van der Waals surface area contributed by atoms with Gasteiger partial charge in [0.2, 0.25) is 23.6 Å². The molecule has 0 saturated heterocycles. The van der Waals surface area contributed by atoms with Gasteiger partial charge in [-0.2, -0.15) is 10.2 Å². The molecule has 4 aromatic heterocycles. The van der Waals surface area contributed by atoms with Gasteiger partial charge in [0.05, 0.1) is 41.7 Å². The fourth-order valence-corrected chi connectivity index (χ4v) is 9.68. The quantitative estimate of drug-likeness (QED) is 0.0281. The minimum absolute atomic E-state index is 0.274. The summed E-state index contributed by atoms with van der Waals surface area (Å²) in [4.78, 5) is 112. The van der Waals surface area contributed by atoms with Crippen molar-refractivity contribution in [3.8, 4) is 22.9 Å². The number of rotatable bonds is 24. The molecule has 0 saturated carbocycles. The first-order chi connectivity index (χ1) is 46.9. The first kappa shape index (κ1) is 71.9. The molecular weight excluding hydrogens is 1250 g/mol. The number of benzene rings is 5. The Hall–Kier alpha value is -12.0. The van der Waals surface area contributed by atoms with E-state index in [1.54, 1.807) is 113 Å². The van der Waals surface area contributed by atoms with Crippen LogP contribution in [0.25, 0.3) is 22.1 Å². The molecule has 9 aromatic rings. The van der Waals surface area contributed by atoms with E-state index in [2.05, 4.69) is 52.5 Å². The predicted molar refractivity (Wildman–Crippen MR) is 375 cm³/mol. The molecule has 510 valence electrons. The summed E-state index contributed by atoms with van der Waals surface area (Å²) in [6.07, 6.45) is 8.50. The van der Waals surface area contributed by atoms with Crippen LogP contribution in [0.15, 0.2) is 170 Å². The number of carbonyl (C=O) groups excluding carboxylic acids is 8. The minimum Gasteiger partial charge on any atom is -0.493 e. The molecule has 26 nitrogen and oxygen atoms in total. The molecule has 0 fully saturated rings. The molecule has 0 bridgehead atoms. The number of nitrogens with one attached hydrogen (secondary N) is 8.